The Labute approximate surface area is 112 Å². The van der Waals surface area contributed by atoms with Crippen molar-refractivity contribution < 1.29 is 19.2 Å². The Morgan fingerprint density at radius 3 is 2.75 bits per heavy atom. The van der Waals surface area contributed by atoms with Gasteiger partial charge in [-0.05, 0) is 12.5 Å². The largest absolute Gasteiger partial charge is 0.506 e. The molecule has 0 aliphatic heterocycles. The Hall–Kier alpha value is -2.70. The van der Waals surface area contributed by atoms with Crippen LogP contribution in [0, 0.1) is 10.1 Å². The summed E-state index contributed by atoms with van der Waals surface area (Å²) < 4.78 is 4.89. The number of carbonyl (C=O) groups excluding carboxylic acids is 1. The maximum absolute atomic E-state index is 11.8. The van der Waals surface area contributed by atoms with Crippen LogP contribution in [0.3, 0.4) is 0 Å². The van der Waals surface area contributed by atoms with Gasteiger partial charge in [-0.3, -0.25) is 14.9 Å². The lowest BCUT2D eigenvalue weighted by molar-refractivity contribution is -0.384. The lowest BCUT2D eigenvalue weighted by atomic mass is 10.1. The Morgan fingerprint density at radius 2 is 2.15 bits per heavy atom. The molecule has 0 radical (unpaired) electrons. The van der Waals surface area contributed by atoms with E-state index in [0.717, 1.165) is 12.1 Å². The van der Waals surface area contributed by atoms with Crippen LogP contribution in [0.1, 0.15) is 30.1 Å². The molecule has 0 saturated carbocycles. The molecule has 0 aliphatic carbocycles. The zero-order valence-corrected chi connectivity index (χ0v) is 10.6. The number of carbonyl (C=O) groups is 1. The van der Waals surface area contributed by atoms with E-state index in [0.29, 0.717) is 6.42 Å². The summed E-state index contributed by atoms with van der Waals surface area (Å²) in [6, 6.07) is 3.44. The SMILES string of the molecule is CCCC(=O)c1c(O)c2ccc([N+](=O)[O-])cc2oc1=O. The van der Waals surface area contributed by atoms with Gasteiger partial charge in [0.2, 0.25) is 0 Å². The number of benzene rings is 1. The van der Waals surface area contributed by atoms with E-state index >= 15 is 0 Å². The molecule has 0 spiro atoms. The first-order valence-electron chi connectivity index (χ1n) is 5.93. The van der Waals surface area contributed by atoms with Crippen molar-refractivity contribution >= 4 is 22.4 Å². The zero-order valence-electron chi connectivity index (χ0n) is 10.6. The molecule has 1 heterocycles. The molecule has 0 unspecified atom stereocenters. The molecule has 1 aromatic carbocycles. The highest BCUT2D eigenvalue weighted by molar-refractivity contribution is 6.02. The third kappa shape index (κ3) is 2.25. The average Bonchev–Trinajstić information content (AvgIpc) is 2.38. The van der Waals surface area contributed by atoms with Gasteiger partial charge in [0.15, 0.2) is 5.78 Å². The summed E-state index contributed by atoms with van der Waals surface area (Å²) in [4.78, 5) is 33.5. The molecule has 7 nitrogen and oxygen atoms in total. The predicted molar refractivity (Wildman–Crippen MR) is 70.0 cm³/mol. The van der Waals surface area contributed by atoms with Gasteiger partial charge in [0.25, 0.3) is 5.69 Å². The first kappa shape index (κ1) is 13.7. The van der Waals surface area contributed by atoms with E-state index in [4.69, 9.17) is 4.42 Å². The van der Waals surface area contributed by atoms with Crippen molar-refractivity contribution in [3.63, 3.8) is 0 Å². The molecule has 0 saturated heterocycles. The van der Waals surface area contributed by atoms with Crippen LogP contribution >= 0.6 is 0 Å². The van der Waals surface area contributed by atoms with Gasteiger partial charge in [0.1, 0.15) is 16.9 Å². The molecule has 20 heavy (non-hydrogen) atoms. The van der Waals surface area contributed by atoms with Crippen LogP contribution in [0.2, 0.25) is 0 Å². The third-order valence-electron chi connectivity index (χ3n) is 2.83. The van der Waals surface area contributed by atoms with Gasteiger partial charge in [0.05, 0.1) is 16.4 Å². The molecule has 0 bridgehead atoms. The number of nitro groups is 1. The molecule has 2 rings (SSSR count). The molecule has 0 atom stereocenters. The van der Waals surface area contributed by atoms with Gasteiger partial charge in [-0.15, -0.1) is 0 Å². The number of fused-ring (bicyclic) bond motifs is 1. The highest BCUT2D eigenvalue weighted by Gasteiger charge is 2.21. The van der Waals surface area contributed by atoms with Gasteiger partial charge in [-0.25, -0.2) is 4.79 Å². The van der Waals surface area contributed by atoms with E-state index in [-0.39, 0.29) is 23.1 Å². The van der Waals surface area contributed by atoms with Crippen LogP contribution in [0.5, 0.6) is 5.75 Å². The Morgan fingerprint density at radius 1 is 1.45 bits per heavy atom. The van der Waals surface area contributed by atoms with Crippen LogP contribution in [-0.2, 0) is 0 Å². The zero-order chi connectivity index (χ0) is 14.9. The number of non-ortho nitro benzene ring substituents is 1. The van der Waals surface area contributed by atoms with Gasteiger partial charge in [-0.1, -0.05) is 6.92 Å². The van der Waals surface area contributed by atoms with E-state index in [9.17, 15) is 24.8 Å². The lowest BCUT2D eigenvalue weighted by Gasteiger charge is -2.04. The molecule has 1 N–H and O–H groups in total. The summed E-state index contributed by atoms with van der Waals surface area (Å²) >= 11 is 0. The molecular formula is C13H11NO6. The number of aromatic hydroxyl groups is 1. The van der Waals surface area contributed by atoms with Crippen molar-refractivity contribution in [1.29, 1.82) is 0 Å². The second kappa shape index (κ2) is 5.12. The van der Waals surface area contributed by atoms with Crippen LogP contribution in [-0.4, -0.2) is 15.8 Å². The normalized spacial score (nSPS) is 10.7. The van der Waals surface area contributed by atoms with Gasteiger partial charge in [0, 0.05) is 12.5 Å². The number of rotatable bonds is 4. The minimum Gasteiger partial charge on any atom is -0.506 e. The van der Waals surface area contributed by atoms with E-state index in [2.05, 4.69) is 0 Å². The fourth-order valence-corrected chi connectivity index (χ4v) is 1.88. The average molecular weight is 277 g/mol. The maximum Gasteiger partial charge on any atom is 0.351 e. The van der Waals surface area contributed by atoms with Gasteiger partial charge < -0.3 is 9.52 Å². The molecule has 0 aliphatic rings. The van der Waals surface area contributed by atoms with E-state index in [1.165, 1.54) is 6.07 Å². The van der Waals surface area contributed by atoms with Crippen molar-refractivity contribution in [1.82, 2.24) is 0 Å². The summed E-state index contributed by atoms with van der Waals surface area (Å²) in [5.74, 6) is -1.01. The van der Waals surface area contributed by atoms with Crippen molar-refractivity contribution in [2.24, 2.45) is 0 Å². The maximum atomic E-state index is 11.8. The minimum atomic E-state index is -0.992. The summed E-state index contributed by atoms with van der Waals surface area (Å²) in [5.41, 5.74) is -1.80. The van der Waals surface area contributed by atoms with Crippen molar-refractivity contribution in [3.8, 4) is 5.75 Å². The summed E-state index contributed by atoms with van der Waals surface area (Å²) in [6.07, 6.45) is 0.632. The second-order valence-corrected chi connectivity index (χ2v) is 4.22. The van der Waals surface area contributed by atoms with Crippen LogP contribution < -0.4 is 5.63 Å². The van der Waals surface area contributed by atoms with Gasteiger partial charge >= 0.3 is 5.63 Å². The first-order valence-corrected chi connectivity index (χ1v) is 5.93. The molecule has 0 amide bonds. The Kier molecular flexibility index (Phi) is 3.51. The fourth-order valence-electron chi connectivity index (χ4n) is 1.88. The van der Waals surface area contributed by atoms with Crippen molar-refractivity contribution in [2.75, 3.05) is 0 Å². The molecular weight excluding hydrogens is 266 g/mol. The first-order chi connectivity index (χ1) is 9.45. The molecule has 1 aromatic heterocycles. The topological polar surface area (TPSA) is 111 Å². The standard InChI is InChI=1S/C13H11NO6/c1-2-3-9(15)11-12(16)8-5-4-7(14(18)19)6-10(8)20-13(11)17/h4-6,16H,2-3H2,1H3. The number of hydrogen-bond acceptors (Lipinski definition) is 6. The summed E-state index contributed by atoms with van der Waals surface area (Å²) in [5, 5.41) is 20.7. The van der Waals surface area contributed by atoms with E-state index < -0.39 is 27.6 Å². The monoisotopic (exact) mass is 277 g/mol. The highest BCUT2D eigenvalue weighted by Crippen LogP contribution is 2.29. The molecule has 0 fully saturated rings. The number of hydrogen-bond donors (Lipinski definition) is 1. The number of nitrogens with zero attached hydrogens (tertiary/aromatic N) is 1. The molecule has 2 aromatic rings. The van der Waals surface area contributed by atoms with Crippen molar-refractivity contribution in [3.05, 3.63) is 44.3 Å². The van der Waals surface area contributed by atoms with E-state index in [1.807, 2.05) is 0 Å². The lowest BCUT2D eigenvalue weighted by Crippen LogP contribution is -2.14. The van der Waals surface area contributed by atoms with Gasteiger partial charge in [-0.2, -0.15) is 0 Å². The third-order valence-corrected chi connectivity index (χ3v) is 2.83. The number of Topliss-reactive ketones (excluding diaryl/α,β-unsaturated/α-hetero) is 1. The molecule has 104 valence electrons. The fraction of sp³-hybridized carbons (Fsp3) is 0.231. The Balaban J connectivity index is 2.71. The molecule has 7 heteroatoms. The second-order valence-electron chi connectivity index (χ2n) is 4.22. The summed E-state index contributed by atoms with van der Waals surface area (Å²) in [7, 11) is 0. The number of nitro benzene ring substituents is 1. The minimum absolute atomic E-state index is 0.0923. The predicted octanol–water partition coefficient (Wildman–Crippen LogP) is 2.39. The highest BCUT2D eigenvalue weighted by atomic mass is 16.6. The van der Waals surface area contributed by atoms with Crippen LogP contribution in [0.4, 0.5) is 5.69 Å². The van der Waals surface area contributed by atoms with Crippen LogP contribution in [0.15, 0.2) is 27.4 Å². The summed E-state index contributed by atoms with van der Waals surface area (Å²) in [6.45, 7) is 1.76. The smallest absolute Gasteiger partial charge is 0.351 e. The van der Waals surface area contributed by atoms with Crippen molar-refractivity contribution in [2.45, 2.75) is 19.8 Å². The van der Waals surface area contributed by atoms with E-state index in [1.54, 1.807) is 6.92 Å². The quantitative estimate of drug-likeness (QED) is 0.397. The Bertz CT molecular complexity index is 761. The van der Waals surface area contributed by atoms with Crippen LogP contribution in [0.25, 0.3) is 11.0 Å². The number of ketones is 1.